The summed E-state index contributed by atoms with van der Waals surface area (Å²) in [6.45, 7) is 1.71. The average molecular weight is 310 g/mol. The second kappa shape index (κ2) is 5.53. The van der Waals surface area contributed by atoms with Gasteiger partial charge in [0.25, 0.3) is 0 Å². The van der Waals surface area contributed by atoms with E-state index in [1.54, 1.807) is 31.2 Å². The lowest BCUT2D eigenvalue weighted by atomic mass is 10.0. The Hall–Kier alpha value is -1.04. The molecule has 0 unspecified atom stereocenters. The fourth-order valence-electron chi connectivity index (χ4n) is 1.36. The summed E-state index contributed by atoms with van der Waals surface area (Å²) in [7, 11) is 0. The minimum absolute atomic E-state index is 0.392. The largest absolute Gasteiger partial charge is 0.471 e. The molecule has 0 aliphatic heterocycles. The number of rotatable bonds is 3. The van der Waals surface area contributed by atoms with Gasteiger partial charge in [-0.1, -0.05) is 35.0 Å². The summed E-state index contributed by atoms with van der Waals surface area (Å²) < 4.78 is 37.2. The van der Waals surface area contributed by atoms with Crippen molar-refractivity contribution in [1.29, 1.82) is 0 Å². The quantitative estimate of drug-likeness (QED) is 0.908. The zero-order valence-corrected chi connectivity index (χ0v) is 10.6. The minimum Gasteiger partial charge on any atom is -0.341 e. The van der Waals surface area contributed by atoms with E-state index in [0.29, 0.717) is 12.0 Å². The molecule has 0 heterocycles. The molecule has 2 nitrogen and oxygen atoms in total. The van der Waals surface area contributed by atoms with E-state index in [9.17, 15) is 18.0 Å². The van der Waals surface area contributed by atoms with Gasteiger partial charge in [-0.15, -0.1) is 0 Å². The third kappa shape index (κ3) is 4.03. The van der Waals surface area contributed by atoms with Gasteiger partial charge in [-0.25, -0.2) is 0 Å². The van der Waals surface area contributed by atoms with Crippen molar-refractivity contribution in [2.75, 3.05) is 0 Å². The number of alkyl halides is 3. The third-order valence-electron chi connectivity index (χ3n) is 2.24. The summed E-state index contributed by atoms with van der Waals surface area (Å²) in [6.07, 6.45) is -4.45. The molecule has 0 saturated carbocycles. The van der Waals surface area contributed by atoms with Crippen LogP contribution in [0.1, 0.15) is 24.9 Å². The first-order valence-corrected chi connectivity index (χ1v) is 5.77. The summed E-state index contributed by atoms with van der Waals surface area (Å²) in [5.74, 6) is -1.91. The number of carbonyl (C=O) groups is 1. The molecule has 1 N–H and O–H groups in total. The van der Waals surface area contributed by atoms with Gasteiger partial charge in [-0.3, -0.25) is 4.79 Å². The second-order valence-corrected chi connectivity index (χ2v) is 4.40. The van der Waals surface area contributed by atoms with Crippen molar-refractivity contribution in [3.63, 3.8) is 0 Å². The molecule has 0 spiro atoms. The summed E-state index contributed by atoms with van der Waals surface area (Å²) in [4.78, 5) is 10.8. The number of amides is 1. The summed E-state index contributed by atoms with van der Waals surface area (Å²) in [5, 5.41) is 1.96. The van der Waals surface area contributed by atoms with E-state index < -0.39 is 18.1 Å². The number of benzene rings is 1. The van der Waals surface area contributed by atoms with Gasteiger partial charge in [-0.2, -0.15) is 13.2 Å². The van der Waals surface area contributed by atoms with Crippen LogP contribution >= 0.6 is 15.9 Å². The van der Waals surface area contributed by atoms with Gasteiger partial charge < -0.3 is 5.32 Å². The highest BCUT2D eigenvalue weighted by Crippen LogP contribution is 2.22. The van der Waals surface area contributed by atoms with Crippen molar-refractivity contribution < 1.29 is 18.0 Å². The van der Waals surface area contributed by atoms with Crippen LogP contribution in [0.3, 0.4) is 0 Å². The van der Waals surface area contributed by atoms with E-state index >= 15 is 0 Å². The summed E-state index contributed by atoms with van der Waals surface area (Å²) in [5.41, 5.74) is 0.647. The Labute approximate surface area is 105 Å². The maximum atomic E-state index is 12.1. The molecule has 0 radical (unpaired) electrons. The van der Waals surface area contributed by atoms with E-state index in [0.717, 1.165) is 4.47 Å². The van der Waals surface area contributed by atoms with Gasteiger partial charge >= 0.3 is 12.1 Å². The van der Waals surface area contributed by atoms with Gasteiger partial charge in [0, 0.05) is 4.47 Å². The molecule has 17 heavy (non-hydrogen) atoms. The summed E-state index contributed by atoms with van der Waals surface area (Å²) in [6, 6.07) is 6.16. The summed E-state index contributed by atoms with van der Waals surface area (Å²) >= 11 is 3.23. The molecule has 0 bridgehead atoms. The zero-order valence-electron chi connectivity index (χ0n) is 9.01. The first-order valence-electron chi connectivity index (χ1n) is 4.97. The molecule has 94 valence electrons. The second-order valence-electron chi connectivity index (χ2n) is 3.48. The predicted octanol–water partition coefficient (Wildman–Crippen LogP) is 3.58. The normalized spacial score (nSPS) is 13.2. The van der Waals surface area contributed by atoms with Gasteiger partial charge in [-0.05, 0) is 24.1 Å². The van der Waals surface area contributed by atoms with Gasteiger partial charge in [0.2, 0.25) is 0 Å². The van der Waals surface area contributed by atoms with E-state index in [1.807, 2.05) is 5.32 Å². The third-order valence-corrected chi connectivity index (χ3v) is 2.77. The number of nitrogens with one attached hydrogen (secondary N) is 1. The van der Waals surface area contributed by atoms with Crippen molar-refractivity contribution in [2.24, 2.45) is 0 Å². The Morgan fingerprint density at radius 1 is 1.35 bits per heavy atom. The van der Waals surface area contributed by atoms with E-state index in [2.05, 4.69) is 15.9 Å². The molecular weight excluding hydrogens is 299 g/mol. The number of hydrogen-bond acceptors (Lipinski definition) is 1. The highest BCUT2D eigenvalue weighted by atomic mass is 79.9. The standard InChI is InChI=1S/C11H11BrF3NO/c1-2-9(16-10(17)11(13,14)15)7-3-5-8(12)6-4-7/h3-6,9H,2H2,1H3,(H,16,17)/t9-/m0/s1. The minimum atomic E-state index is -4.84. The first-order chi connectivity index (χ1) is 7.84. The first kappa shape index (κ1) is 14.0. The van der Waals surface area contributed by atoms with Gasteiger partial charge in [0.1, 0.15) is 0 Å². The van der Waals surface area contributed by atoms with Crippen molar-refractivity contribution >= 4 is 21.8 Å². The fraction of sp³-hybridized carbons (Fsp3) is 0.364. The highest BCUT2D eigenvalue weighted by molar-refractivity contribution is 9.10. The van der Waals surface area contributed by atoms with Crippen LogP contribution in [0.25, 0.3) is 0 Å². The van der Waals surface area contributed by atoms with Crippen LogP contribution in [-0.2, 0) is 4.79 Å². The molecule has 1 aromatic carbocycles. The lowest BCUT2D eigenvalue weighted by Gasteiger charge is -2.18. The molecule has 0 fully saturated rings. The Morgan fingerprint density at radius 2 is 1.88 bits per heavy atom. The van der Waals surface area contributed by atoms with E-state index in [1.165, 1.54) is 0 Å². The topological polar surface area (TPSA) is 29.1 Å². The van der Waals surface area contributed by atoms with E-state index in [-0.39, 0.29) is 0 Å². The molecule has 1 rings (SSSR count). The van der Waals surface area contributed by atoms with Crippen LogP contribution in [0.2, 0.25) is 0 Å². The molecule has 0 saturated heterocycles. The Bertz CT molecular complexity index is 389. The van der Waals surface area contributed by atoms with Crippen molar-refractivity contribution in [3.05, 3.63) is 34.3 Å². The van der Waals surface area contributed by atoms with Crippen molar-refractivity contribution in [1.82, 2.24) is 5.32 Å². The Kier molecular flexibility index (Phi) is 4.56. The predicted molar refractivity (Wildman–Crippen MR) is 61.4 cm³/mol. The monoisotopic (exact) mass is 309 g/mol. The number of halogens is 4. The van der Waals surface area contributed by atoms with Crippen LogP contribution in [0.15, 0.2) is 28.7 Å². The van der Waals surface area contributed by atoms with E-state index in [4.69, 9.17) is 0 Å². The number of hydrogen-bond donors (Lipinski definition) is 1. The smallest absolute Gasteiger partial charge is 0.341 e. The molecule has 0 aromatic heterocycles. The fourth-order valence-corrected chi connectivity index (χ4v) is 1.62. The van der Waals surface area contributed by atoms with Crippen LogP contribution in [0.4, 0.5) is 13.2 Å². The average Bonchev–Trinajstić information content (AvgIpc) is 2.25. The lowest BCUT2D eigenvalue weighted by Crippen LogP contribution is -2.38. The molecule has 6 heteroatoms. The SMILES string of the molecule is CC[C@H](NC(=O)C(F)(F)F)c1ccc(Br)cc1. The highest BCUT2D eigenvalue weighted by Gasteiger charge is 2.39. The Balaban J connectivity index is 2.79. The molecular formula is C11H11BrF3NO. The molecule has 1 amide bonds. The van der Waals surface area contributed by atoms with Crippen molar-refractivity contribution in [2.45, 2.75) is 25.6 Å². The lowest BCUT2D eigenvalue weighted by molar-refractivity contribution is -0.174. The van der Waals surface area contributed by atoms with Crippen LogP contribution in [-0.4, -0.2) is 12.1 Å². The molecule has 0 aliphatic rings. The zero-order chi connectivity index (χ0) is 13.1. The van der Waals surface area contributed by atoms with Crippen LogP contribution in [0, 0.1) is 0 Å². The molecule has 0 aliphatic carbocycles. The maximum Gasteiger partial charge on any atom is 0.471 e. The Morgan fingerprint density at radius 3 is 2.29 bits per heavy atom. The molecule has 1 atom stereocenters. The molecule has 1 aromatic rings. The van der Waals surface area contributed by atoms with Crippen LogP contribution < -0.4 is 5.32 Å². The van der Waals surface area contributed by atoms with Crippen molar-refractivity contribution in [3.8, 4) is 0 Å². The van der Waals surface area contributed by atoms with Crippen LogP contribution in [0.5, 0.6) is 0 Å². The van der Waals surface area contributed by atoms with Gasteiger partial charge in [0.05, 0.1) is 6.04 Å². The van der Waals surface area contributed by atoms with Gasteiger partial charge in [0.15, 0.2) is 0 Å². The number of carbonyl (C=O) groups excluding carboxylic acids is 1. The maximum absolute atomic E-state index is 12.1.